The first-order valence-corrected chi connectivity index (χ1v) is 6.44. The van der Waals surface area contributed by atoms with Gasteiger partial charge >= 0.3 is 0 Å². The zero-order valence-corrected chi connectivity index (χ0v) is 11.2. The Hall–Kier alpha value is -2.15. The number of benzene rings is 1. The van der Waals surface area contributed by atoms with Gasteiger partial charge in [0.2, 0.25) is 0 Å². The van der Waals surface area contributed by atoms with E-state index in [0.29, 0.717) is 6.61 Å². The van der Waals surface area contributed by atoms with E-state index < -0.39 is 4.92 Å². The van der Waals surface area contributed by atoms with Gasteiger partial charge in [-0.15, -0.1) is 0 Å². The highest BCUT2D eigenvalue weighted by Gasteiger charge is 2.24. The molecule has 108 valence electrons. The van der Waals surface area contributed by atoms with Crippen LogP contribution in [0.4, 0.5) is 11.4 Å². The van der Waals surface area contributed by atoms with Gasteiger partial charge in [0.25, 0.3) is 11.6 Å². The SMILES string of the molecule is CC1CC(NC(=O)c2cccc([N+](=O)[O-])c2N)CCO1. The Morgan fingerprint density at radius 3 is 2.95 bits per heavy atom. The summed E-state index contributed by atoms with van der Waals surface area (Å²) in [6.07, 6.45) is 1.54. The summed E-state index contributed by atoms with van der Waals surface area (Å²) < 4.78 is 5.40. The first-order chi connectivity index (χ1) is 9.49. The minimum absolute atomic E-state index is 0.00455. The van der Waals surface area contributed by atoms with E-state index in [0.717, 1.165) is 12.8 Å². The second kappa shape index (κ2) is 5.87. The van der Waals surface area contributed by atoms with Crippen molar-refractivity contribution in [1.29, 1.82) is 0 Å². The van der Waals surface area contributed by atoms with Crippen LogP contribution in [0.5, 0.6) is 0 Å². The van der Waals surface area contributed by atoms with Gasteiger partial charge in [0, 0.05) is 18.7 Å². The molecule has 0 aliphatic carbocycles. The molecule has 1 heterocycles. The molecular weight excluding hydrogens is 262 g/mol. The quantitative estimate of drug-likeness (QED) is 0.495. The summed E-state index contributed by atoms with van der Waals surface area (Å²) in [6.45, 7) is 2.54. The van der Waals surface area contributed by atoms with E-state index in [1.807, 2.05) is 6.92 Å². The van der Waals surface area contributed by atoms with Crippen molar-refractivity contribution in [3.63, 3.8) is 0 Å². The van der Waals surface area contributed by atoms with Gasteiger partial charge in [0.15, 0.2) is 0 Å². The number of carbonyl (C=O) groups is 1. The molecule has 1 aromatic carbocycles. The fraction of sp³-hybridized carbons (Fsp3) is 0.462. The van der Waals surface area contributed by atoms with E-state index in [1.165, 1.54) is 18.2 Å². The Morgan fingerprint density at radius 1 is 1.55 bits per heavy atom. The molecule has 1 aromatic rings. The van der Waals surface area contributed by atoms with Gasteiger partial charge in [-0.1, -0.05) is 6.07 Å². The van der Waals surface area contributed by atoms with Crippen molar-refractivity contribution in [3.8, 4) is 0 Å². The molecule has 3 N–H and O–H groups in total. The van der Waals surface area contributed by atoms with Crippen LogP contribution in [0.1, 0.15) is 30.1 Å². The molecule has 7 heteroatoms. The van der Waals surface area contributed by atoms with Crippen molar-refractivity contribution < 1.29 is 14.5 Å². The zero-order chi connectivity index (χ0) is 14.7. The Labute approximate surface area is 116 Å². The Kier molecular flexibility index (Phi) is 4.19. The number of nitro benzene ring substituents is 1. The number of nitrogens with two attached hydrogens (primary N) is 1. The third-order valence-electron chi connectivity index (χ3n) is 3.34. The van der Waals surface area contributed by atoms with Crippen molar-refractivity contribution >= 4 is 17.3 Å². The number of amides is 1. The van der Waals surface area contributed by atoms with Crippen LogP contribution < -0.4 is 11.1 Å². The number of anilines is 1. The van der Waals surface area contributed by atoms with E-state index in [2.05, 4.69) is 5.32 Å². The smallest absolute Gasteiger partial charge is 0.292 e. The fourth-order valence-electron chi connectivity index (χ4n) is 2.30. The van der Waals surface area contributed by atoms with Crippen molar-refractivity contribution in [3.05, 3.63) is 33.9 Å². The number of hydrogen-bond donors (Lipinski definition) is 2. The Morgan fingerprint density at radius 2 is 2.30 bits per heavy atom. The van der Waals surface area contributed by atoms with Crippen molar-refractivity contribution in [2.45, 2.75) is 31.9 Å². The first-order valence-electron chi connectivity index (χ1n) is 6.44. The number of nitrogens with zero attached hydrogens (tertiary/aromatic N) is 1. The Bertz CT molecular complexity index is 532. The highest BCUT2D eigenvalue weighted by molar-refractivity contribution is 6.01. The molecule has 0 radical (unpaired) electrons. The molecule has 0 aromatic heterocycles. The first kappa shape index (κ1) is 14.3. The van der Waals surface area contributed by atoms with Crippen LogP contribution in [0, 0.1) is 10.1 Å². The van der Waals surface area contributed by atoms with E-state index in [9.17, 15) is 14.9 Å². The second-order valence-corrected chi connectivity index (χ2v) is 4.87. The molecule has 1 aliphatic heterocycles. The number of nitrogens with one attached hydrogen (secondary N) is 1. The van der Waals surface area contributed by atoms with Gasteiger partial charge in [-0.25, -0.2) is 0 Å². The van der Waals surface area contributed by atoms with E-state index in [4.69, 9.17) is 10.5 Å². The van der Waals surface area contributed by atoms with Crippen LogP contribution in [-0.2, 0) is 4.74 Å². The minimum atomic E-state index is -0.595. The molecule has 1 fully saturated rings. The summed E-state index contributed by atoms with van der Waals surface area (Å²) in [5.74, 6) is -0.384. The van der Waals surface area contributed by atoms with Crippen LogP contribution in [-0.4, -0.2) is 29.6 Å². The van der Waals surface area contributed by atoms with Crippen molar-refractivity contribution in [2.75, 3.05) is 12.3 Å². The predicted molar refractivity (Wildman–Crippen MR) is 73.4 cm³/mol. The molecule has 0 bridgehead atoms. The number of ether oxygens (including phenoxy) is 1. The van der Waals surface area contributed by atoms with Gasteiger partial charge in [-0.3, -0.25) is 14.9 Å². The zero-order valence-electron chi connectivity index (χ0n) is 11.2. The molecule has 2 atom stereocenters. The lowest BCUT2D eigenvalue weighted by Crippen LogP contribution is -2.41. The molecule has 20 heavy (non-hydrogen) atoms. The maximum atomic E-state index is 12.2. The molecule has 1 saturated heterocycles. The average Bonchev–Trinajstić information content (AvgIpc) is 2.38. The van der Waals surface area contributed by atoms with E-state index in [1.54, 1.807) is 0 Å². The van der Waals surface area contributed by atoms with E-state index in [-0.39, 0.29) is 35.0 Å². The molecule has 0 spiro atoms. The third-order valence-corrected chi connectivity index (χ3v) is 3.34. The largest absolute Gasteiger partial charge is 0.393 e. The summed E-state index contributed by atoms with van der Waals surface area (Å²) in [6, 6.07) is 4.23. The fourth-order valence-corrected chi connectivity index (χ4v) is 2.30. The number of nitro groups is 1. The number of rotatable bonds is 3. The molecule has 1 aliphatic rings. The van der Waals surface area contributed by atoms with Gasteiger partial charge in [0.1, 0.15) is 5.69 Å². The summed E-state index contributed by atoms with van der Waals surface area (Å²) in [4.78, 5) is 22.4. The van der Waals surface area contributed by atoms with Crippen LogP contribution in [0.2, 0.25) is 0 Å². The third kappa shape index (κ3) is 3.05. The molecule has 2 rings (SSSR count). The van der Waals surface area contributed by atoms with Crippen molar-refractivity contribution in [1.82, 2.24) is 5.32 Å². The molecule has 7 nitrogen and oxygen atoms in total. The standard InChI is InChI=1S/C13H17N3O4/c1-8-7-9(5-6-20-8)15-13(17)10-3-2-4-11(12(10)14)16(18)19/h2-4,8-9H,5-7,14H2,1H3,(H,15,17). The summed E-state index contributed by atoms with van der Waals surface area (Å²) in [7, 11) is 0. The molecule has 1 amide bonds. The predicted octanol–water partition coefficient (Wildman–Crippen LogP) is 1.47. The van der Waals surface area contributed by atoms with Gasteiger partial charge in [0.05, 0.1) is 16.6 Å². The number of carbonyl (C=O) groups excluding carboxylic acids is 1. The van der Waals surface area contributed by atoms with E-state index >= 15 is 0 Å². The molecular formula is C13H17N3O4. The minimum Gasteiger partial charge on any atom is -0.393 e. The normalized spacial score (nSPS) is 22.2. The lowest BCUT2D eigenvalue weighted by atomic mass is 10.0. The lowest BCUT2D eigenvalue weighted by molar-refractivity contribution is -0.383. The van der Waals surface area contributed by atoms with Crippen LogP contribution in [0.25, 0.3) is 0 Å². The molecule has 2 unspecified atom stereocenters. The highest BCUT2D eigenvalue weighted by Crippen LogP contribution is 2.25. The maximum Gasteiger partial charge on any atom is 0.292 e. The second-order valence-electron chi connectivity index (χ2n) is 4.87. The van der Waals surface area contributed by atoms with Crippen molar-refractivity contribution in [2.24, 2.45) is 0 Å². The maximum absolute atomic E-state index is 12.2. The lowest BCUT2D eigenvalue weighted by Gasteiger charge is -2.28. The summed E-state index contributed by atoms with van der Waals surface area (Å²) >= 11 is 0. The van der Waals surface area contributed by atoms with Gasteiger partial charge in [-0.05, 0) is 25.8 Å². The Balaban J connectivity index is 2.13. The van der Waals surface area contributed by atoms with Crippen LogP contribution in [0.3, 0.4) is 0 Å². The van der Waals surface area contributed by atoms with Gasteiger partial charge < -0.3 is 15.8 Å². The average molecular weight is 279 g/mol. The summed E-state index contributed by atoms with van der Waals surface area (Å²) in [5, 5.41) is 13.7. The molecule has 0 saturated carbocycles. The topological polar surface area (TPSA) is 107 Å². The van der Waals surface area contributed by atoms with Crippen LogP contribution >= 0.6 is 0 Å². The summed E-state index contributed by atoms with van der Waals surface area (Å²) in [5.41, 5.74) is 5.47. The monoisotopic (exact) mass is 279 g/mol. The number of para-hydroxylation sites is 1. The number of hydrogen-bond acceptors (Lipinski definition) is 5. The number of nitrogen functional groups attached to an aromatic ring is 1. The van der Waals surface area contributed by atoms with Gasteiger partial charge in [-0.2, -0.15) is 0 Å². The van der Waals surface area contributed by atoms with Crippen LogP contribution in [0.15, 0.2) is 18.2 Å². The highest BCUT2D eigenvalue weighted by atomic mass is 16.6.